The van der Waals surface area contributed by atoms with Crippen LogP contribution in [-0.4, -0.2) is 30.4 Å². The number of aryl methyl sites for hydroxylation is 2. The molecule has 2 aromatic rings. The summed E-state index contributed by atoms with van der Waals surface area (Å²) in [6.45, 7) is 4.60. The summed E-state index contributed by atoms with van der Waals surface area (Å²) in [6, 6.07) is 7.70. The fourth-order valence-electron chi connectivity index (χ4n) is 2.26. The van der Waals surface area contributed by atoms with E-state index in [0.717, 1.165) is 29.3 Å². The van der Waals surface area contributed by atoms with Crippen molar-refractivity contribution in [1.82, 2.24) is 5.32 Å². The van der Waals surface area contributed by atoms with E-state index in [9.17, 15) is 23.2 Å². The number of hydrogen-bond donors (Lipinski definition) is 2. The Morgan fingerprint density at radius 1 is 1.04 bits per heavy atom. The number of amides is 2. The fourth-order valence-corrected chi connectivity index (χ4v) is 2.26. The highest BCUT2D eigenvalue weighted by Gasteiger charge is 2.20. The molecule has 0 spiro atoms. The molecule has 148 valence electrons. The van der Waals surface area contributed by atoms with Crippen molar-refractivity contribution in [3.8, 4) is 0 Å². The summed E-state index contributed by atoms with van der Waals surface area (Å²) in [5.41, 5.74) is 2.00. The summed E-state index contributed by atoms with van der Waals surface area (Å²) in [5.74, 6) is -3.69. The Morgan fingerprint density at radius 3 is 2.43 bits per heavy atom. The van der Waals surface area contributed by atoms with Gasteiger partial charge in [-0.15, -0.1) is 0 Å². The van der Waals surface area contributed by atoms with Crippen molar-refractivity contribution in [2.75, 3.05) is 11.9 Å². The Bertz CT molecular complexity index is 915. The van der Waals surface area contributed by atoms with E-state index in [2.05, 4.69) is 10.6 Å². The van der Waals surface area contributed by atoms with Crippen molar-refractivity contribution in [3.05, 3.63) is 64.7 Å². The molecule has 0 unspecified atom stereocenters. The van der Waals surface area contributed by atoms with Crippen LogP contribution in [0.25, 0.3) is 0 Å². The minimum Gasteiger partial charge on any atom is -0.451 e. The van der Waals surface area contributed by atoms with Crippen LogP contribution in [0, 0.1) is 25.5 Å². The average Bonchev–Trinajstić information content (AvgIpc) is 2.64. The Morgan fingerprint density at radius 2 is 1.75 bits per heavy atom. The Kier molecular flexibility index (Phi) is 6.81. The third kappa shape index (κ3) is 5.60. The van der Waals surface area contributed by atoms with E-state index >= 15 is 0 Å². The van der Waals surface area contributed by atoms with Crippen LogP contribution in [0.5, 0.6) is 0 Å². The average molecular weight is 390 g/mol. The molecule has 0 aromatic heterocycles. The molecule has 0 aliphatic heterocycles. The SMILES string of the molecule is Cc1ccc(C(=O)NCC(=O)O[C@@H](C)C(=O)Nc2cc(F)ccc2F)cc1C. The highest BCUT2D eigenvalue weighted by molar-refractivity contribution is 5.97. The van der Waals surface area contributed by atoms with Gasteiger partial charge in [-0.1, -0.05) is 6.07 Å². The first-order chi connectivity index (χ1) is 13.2. The van der Waals surface area contributed by atoms with E-state index in [1.807, 2.05) is 13.8 Å². The zero-order chi connectivity index (χ0) is 20.8. The van der Waals surface area contributed by atoms with Gasteiger partial charge in [0.1, 0.15) is 18.2 Å². The van der Waals surface area contributed by atoms with Crippen molar-refractivity contribution in [2.45, 2.75) is 26.9 Å². The summed E-state index contributed by atoms with van der Waals surface area (Å²) in [7, 11) is 0. The van der Waals surface area contributed by atoms with Crippen molar-refractivity contribution in [1.29, 1.82) is 0 Å². The normalized spacial score (nSPS) is 11.5. The molecule has 2 N–H and O–H groups in total. The van der Waals surface area contributed by atoms with Gasteiger partial charge in [0.2, 0.25) is 0 Å². The summed E-state index contributed by atoms with van der Waals surface area (Å²) in [4.78, 5) is 35.9. The third-order valence-electron chi connectivity index (χ3n) is 4.03. The minimum atomic E-state index is -1.27. The van der Waals surface area contributed by atoms with Gasteiger partial charge in [0.05, 0.1) is 5.69 Å². The molecule has 0 heterocycles. The van der Waals surface area contributed by atoms with Crippen molar-refractivity contribution >= 4 is 23.5 Å². The first kappa shape index (κ1) is 21.0. The number of hydrogen-bond acceptors (Lipinski definition) is 4. The van der Waals surface area contributed by atoms with Gasteiger partial charge in [-0.05, 0) is 56.2 Å². The molecule has 2 rings (SSSR count). The Hall–Kier alpha value is -3.29. The standard InChI is InChI=1S/C20H20F2N2O4/c1-11-4-5-14(8-12(11)2)20(27)23-10-18(25)28-13(3)19(26)24-17-9-15(21)6-7-16(17)22/h4-9,13H,10H2,1-3H3,(H,23,27)(H,24,26)/t13-/m0/s1. The minimum absolute atomic E-state index is 0.365. The second kappa shape index (κ2) is 9.07. The number of carbonyl (C=O) groups excluding carboxylic acids is 3. The van der Waals surface area contributed by atoms with E-state index in [-0.39, 0.29) is 5.69 Å². The van der Waals surface area contributed by atoms with Gasteiger partial charge in [-0.25, -0.2) is 8.78 Å². The summed E-state index contributed by atoms with van der Waals surface area (Å²) < 4.78 is 31.6. The second-order valence-electron chi connectivity index (χ2n) is 6.23. The number of benzene rings is 2. The molecular formula is C20H20F2N2O4. The predicted molar refractivity (Wildman–Crippen MR) is 98.8 cm³/mol. The number of ether oxygens (including phenoxy) is 1. The number of rotatable bonds is 6. The summed E-state index contributed by atoms with van der Waals surface area (Å²) in [6.07, 6.45) is -1.27. The van der Waals surface area contributed by atoms with E-state index in [1.165, 1.54) is 6.92 Å². The van der Waals surface area contributed by atoms with Crippen LogP contribution in [0.4, 0.5) is 14.5 Å². The molecule has 2 aromatic carbocycles. The first-order valence-electron chi connectivity index (χ1n) is 8.48. The molecule has 0 saturated carbocycles. The van der Waals surface area contributed by atoms with Crippen LogP contribution < -0.4 is 10.6 Å². The lowest BCUT2D eigenvalue weighted by Crippen LogP contribution is -2.36. The number of esters is 1. The van der Waals surface area contributed by atoms with Crippen LogP contribution in [-0.2, 0) is 14.3 Å². The molecular weight excluding hydrogens is 370 g/mol. The number of halogens is 2. The van der Waals surface area contributed by atoms with E-state index in [0.29, 0.717) is 5.56 Å². The Balaban J connectivity index is 1.86. The van der Waals surface area contributed by atoms with Gasteiger partial charge >= 0.3 is 5.97 Å². The lowest BCUT2D eigenvalue weighted by Gasteiger charge is -2.14. The highest BCUT2D eigenvalue weighted by atomic mass is 19.1. The maximum absolute atomic E-state index is 13.5. The van der Waals surface area contributed by atoms with Crippen LogP contribution in [0.3, 0.4) is 0 Å². The van der Waals surface area contributed by atoms with Crippen molar-refractivity contribution in [3.63, 3.8) is 0 Å². The highest BCUT2D eigenvalue weighted by Crippen LogP contribution is 2.16. The Labute approximate surface area is 160 Å². The lowest BCUT2D eigenvalue weighted by molar-refractivity contribution is -0.152. The zero-order valence-electron chi connectivity index (χ0n) is 15.6. The molecule has 8 heteroatoms. The smallest absolute Gasteiger partial charge is 0.326 e. The number of anilines is 1. The monoisotopic (exact) mass is 390 g/mol. The molecule has 6 nitrogen and oxygen atoms in total. The number of nitrogens with one attached hydrogen (secondary N) is 2. The molecule has 0 bridgehead atoms. The van der Waals surface area contributed by atoms with Crippen LogP contribution in [0.1, 0.15) is 28.4 Å². The molecule has 0 saturated heterocycles. The van der Waals surface area contributed by atoms with Gasteiger partial charge in [-0.2, -0.15) is 0 Å². The molecule has 0 aliphatic carbocycles. The van der Waals surface area contributed by atoms with Crippen molar-refractivity contribution < 1.29 is 27.9 Å². The summed E-state index contributed by atoms with van der Waals surface area (Å²) in [5, 5.41) is 4.54. The lowest BCUT2D eigenvalue weighted by atomic mass is 10.1. The molecule has 28 heavy (non-hydrogen) atoms. The van der Waals surface area contributed by atoms with Gasteiger partial charge in [0.25, 0.3) is 11.8 Å². The molecule has 0 fully saturated rings. The quantitative estimate of drug-likeness (QED) is 0.743. The van der Waals surface area contributed by atoms with Crippen molar-refractivity contribution in [2.24, 2.45) is 0 Å². The van der Waals surface area contributed by atoms with E-state index in [4.69, 9.17) is 4.74 Å². The molecule has 1 atom stereocenters. The fraction of sp³-hybridized carbons (Fsp3) is 0.250. The summed E-state index contributed by atoms with van der Waals surface area (Å²) >= 11 is 0. The van der Waals surface area contributed by atoms with Crippen LogP contribution >= 0.6 is 0 Å². The first-order valence-corrected chi connectivity index (χ1v) is 8.48. The topological polar surface area (TPSA) is 84.5 Å². The van der Waals surface area contributed by atoms with E-state index < -0.39 is 42.1 Å². The molecule has 0 radical (unpaired) electrons. The molecule has 0 aliphatic rings. The molecule has 2 amide bonds. The van der Waals surface area contributed by atoms with Gasteiger partial charge in [0.15, 0.2) is 6.10 Å². The predicted octanol–water partition coefficient (Wildman–Crippen LogP) is 2.88. The third-order valence-corrected chi connectivity index (χ3v) is 4.03. The van der Waals surface area contributed by atoms with E-state index in [1.54, 1.807) is 18.2 Å². The van der Waals surface area contributed by atoms with Crippen LogP contribution in [0.2, 0.25) is 0 Å². The largest absolute Gasteiger partial charge is 0.451 e. The van der Waals surface area contributed by atoms with Crippen LogP contribution in [0.15, 0.2) is 36.4 Å². The number of carbonyl (C=O) groups is 3. The maximum atomic E-state index is 13.5. The van der Waals surface area contributed by atoms with Gasteiger partial charge in [-0.3, -0.25) is 14.4 Å². The second-order valence-corrected chi connectivity index (χ2v) is 6.23. The van der Waals surface area contributed by atoms with Gasteiger partial charge < -0.3 is 15.4 Å². The van der Waals surface area contributed by atoms with Gasteiger partial charge in [0, 0.05) is 11.6 Å². The zero-order valence-corrected chi connectivity index (χ0v) is 15.6. The maximum Gasteiger partial charge on any atom is 0.326 e.